The van der Waals surface area contributed by atoms with E-state index in [4.69, 9.17) is 4.74 Å². The van der Waals surface area contributed by atoms with E-state index in [0.717, 1.165) is 16.9 Å². The van der Waals surface area contributed by atoms with Crippen LogP contribution in [0.1, 0.15) is 33.6 Å². The fourth-order valence-electron chi connectivity index (χ4n) is 2.86. The zero-order valence-electron chi connectivity index (χ0n) is 13.8. The summed E-state index contributed by atoms with van der Waals surface area (Å²) in [5, 5.41) is 12.2. The quantitative estimate of drug-likeness (QED) is 0.815. The summed E-state index contributed by atoms with van der Waals surface area (Å²) in [6.45, 7) is 6.39. The number of nitrogens with one attached hydrogen (secondary N) is 1. The zero-order chi connectivity index (χ0) is 17.0. The Kier molecular flexibility index (Phi) is 5.42. The molecule has 0 saturated heterocycles. The monoisotopic (exact) mass is 317 g/mol. The van der Waals surface area contributed by atoms with Gasteiger partial charge < -0.3 is 15.2 Å². The molecule has 2 N–H and O–H groups in total. The molecule has 1 aromatic rings. The highest BCUT2D eigenvalue weighted by Gasteiger charge is 2.37. The maximum atomic E-state index is 12.5. The minimum atomic E-state index is -0.913. The molecule has 1 amide bonds. The lowest BCUT2D eigenvalue weighted by Gasteiger charge is -2.29. The van der Waals surface area contributed by atoms with Crippen LogP contribution in [0.25, 0.3) is 0 Å². The van der Waals surface area contributed by atoms with Gasteiger partial charge in [0.2, 0.25) is 5.91 Å². The number of carboxylic acids is 1. The molecule has 0 saturated carbocycles. The Balaban J connectivity index is 2.10. The van der Waals surface area contributed by atoms with Gasteiger partial charge in [0.15, 0.2) is 0 Å². The Morgan fingerprint density at radius 1 is 1.13 bits per heavy atom. The molecule has 0 heterocycles. The third-order valence-electron chi connectivity index (χ3n) is 4.35. The molecule has 0 radical (unpaired) electrons. The van der Waals surface area contributed by atoms with Gasteiger partial charge in [-0.05, 0) is 57.9 Å². The number of amides is 1. The first kappa shape index (κ1) is 17.1. The van der Waals surface area contributed by atoms with Crippen molar-refractivity contribution in [2.75, 3.05) is 11.9 Å². The molecule has 0 unspecified atom stereocenters. The molecule has 5 nitrogen and oxygen atoms in total. The van der Waals surface area contributed by atoms with Crippen molar-refractivity contribution in [3.63, 3.8) is 0 Å². The molecule has 0 fully saturated rings. The highest BCUT2D eigenvalue weighted by molar-refractivity contribution is 5.95. The van der Waals surface area contributed by atoms with E-state index in [9.17, 15) is 14.7 Å². The summed E-state index contributed by atoms with van der Waals surface area (Å²) in [5.41, 5.74) is 2.82. The summed E-state index contributed by atoms with van der Waals surface area (Å²) in [7, 11) is 0. The number of carbonyl (C=O) groups excluding carboxylic acids is 1. The zero-order valence-corrected chi connectivity index (χ0v) is 13.8. The predicted octanol–water partition coefficient (Wildman–Crippen LogP) is 3.47. The molecular weight excluding hydrogens is 294 g/mol. The van der Waals surface area contributed by atoms with Gasteiger partial charge in [0.05, 0.1) is 18.4 Å². The van der Waals surface area contributed by atoms with Crippen molar-refractivity contribution in [2.45, 2.75) is 33.6 Å². The lowest BCUT2D eigenvalue weighted by Crippen LogP contribution is -2.36. The number of ether oxygens (including phenoxy) is 1. The summed E-state index contributed by atoms with van der Waals surface area (Å²) in [6.07, 6.45) is 0.925. The van der Waals surface area contributed by atoms with Crippen LogP contribution in [-0.2, 0) is 9.59 Å². The van der Waals surface area contributed by atoms with E-state index in [2.05, 4.69) is 5.32 Å². The number of carbonyl (C=O) groups is 2. The molecule has 0 spiro atoms. The third kappa shape index (κ3) is 4.12. The Labute approximate surface area is 136 Å². The Morgan fingerprint density at radius 2 is 1.70 bits per heavy atom. The van der Waals surface area contributed by atoms with Crippen LogP contribution in [0.5, 0.6) is 5.75 Å². The molecule has 0 aliphatic heterocycles. The molecule has 2 rings (SSSR count). The molecule has 124 valence electrons. The second-order valence-corrected chi connectivity index (χ2v) is 5.97. The van der Waals surface area contributed by atoms with Crippen LogP contribution in [0, 0.1) is 11.8 Å². The van der Waals surface area contributed by atoms with Crippen molar-refractivity contribution in [3.05, 3.63) is 35.4 Å². The van der Waals surface area contributed by atoms with E-state index in [1.807, 2.05) is 20.8 Å². The Morgan fingerprint density at radius 3 is 2.22 bits per heavy atom. The number of hydrogen-bond donors (Lipinski definition) is 2. The molecule has 1 aliphatic rings. The smallest absolute Gasteiger partial charge is 0.307 e. The van der Waals surface area contributed by atoms with Crippen LogP contribution in [-0.4, -0.2) is 23.6 Å². The Bertz CT molecular complexity index is 618. The number of anilines is 1. The van der Waals surface area contributed by atoms with Gasteiger partial charge in [0.1, 0.15) is 5.75 Å². The SMILES string of the molecule is CCOc1ccc(NC(=O)[C@H]2CC(C)=C(C)C[C@H]2C(=O)O)cc1. The normalized spacial score (nSPS) is 21.0. The third-order valence-corrected chi connectivity index (χ3v) is 4.35. The fourth-order valence-corrected chi connectivity index (χ4v) is 2.86. The van der Waals surface area contributed by atoms with Crippen LogP contribution < -0.4 is 10.1 Å². The predicted molar refractivity (Wildman–Crippen MR) is 88.5 cm³/mol. The van der Waals surface area contributed by atoms with Crippen molar-refractivity contribution >= 4 is 17.6 Å². The van der Waals surface area contributed by atoms with E-state index in [0.29, 0.717) is 25.1 Å². The average molecular weight is 317 g/mol. The maximum absolute atomic E-state index is 12.5. The molecule has 23 heavy (non-hydrogen) atoms. The molecule has 2 atom stereocenters. The average Bonchev–Trinajstić information content (AvgIpc) is 2.51. The van der Waals surface area contributed by atoms with Crippen LogP contribution in [0.3, 0.4) is 0 Å². The van der Waals surface area contributed by atoms with Crippen LogP contribution >= 0.6 is 0 Å². The van der Waals surface area contributed by atoms with Crippen LogP contribution in [0.2, 0.25) is 0 Å². The lowest BCUT2D eigenvalue weighted by atomic mass is 9.76. The highest BCUT2D eigenvalue weighted by atomic mass is 16.5. The lowest BCUT2D eigenvalue weighted by molar-refractivity contribution is -0.146. The molecule has 1 aliphatic carbocycles. The van der Waals surface area contributed by atoms with E-state index in [1.165, 1.54) is 0 Å². The molecular formula is C18H23NO4. The molecule has 0 bridgehead atoms. The fraction of sp³-hybridized carbons (Fsp3) is 0.444. The first-order valence-corrected chi connectivity index (χ1v) is 7.84. The van der Waals surface area contributed by atoms with Gasteiger partial charge in [-0.25, -0.2) is 0 Å². The first-order chi connectivity index (χ1) is 10.9. The van der Waals surface area contributed by atoms with Crippen molar-refractivity contribution in [2.24, 2.45) is 11.8 Å². The van der Waals surface area contributed by atoms with E-state index in [1.54, 1.807) is 24.3 Å². The molecule has 1 aromatic carbocycles. The van der Waals surface area contributed by atoms with Gasteiger partial charge >= 0.3 is 5.97 Å². The van der Waals surface area contributed by atoms with Crippen molar-refractivity contribution < 1.29 is 19.4 Å². The van der Waals surface area contributed by atoms with Crippen LogP contribution in [0.4, 0.5) is 5.69 Å². The molecule has 5 heteroatoms. The van der Waals surface area contributed by atoms with Crippen molar-refractivity contribution in [3.8, 4) is 5.75 Å². The molecule has 0 aromatic heterocycles. The van der Waals surface area contributed by atoms with Crippen LogP contribution in [0.15, 0.2) is 35.4 Å². The van der Waals surface area contributed by atoms with Gasteiger partial charge in [-0.15, -0.1) is 0 Å². The van der Waals surface area contributed by atoms with Gasteiger partial charge in [-0.1, -0.05) is 11.1 Å². The van der Waals surface area contributed by atoms with E-state index < -0.39 is 17.8 Å². The summed E-state index contributed by atoms with van der Waals surface area (Å²) in [6, 6.07) is 7.08. The standard InChI is InChI=1S/C18H23NO4/c1-4-23-14-7-5-13(6-8-14)19-17(20)15-9-11(2)12(3)10-16(15)18(21)22/h5-8,15-16H,4,9-10H2,1-3H3,(H,19,20)(H,21,22)/t15-,16+/m0/s1. The summed E-state index contributed by atoms with van der Waals surface area (Å²) < 4.78 is 5.36. The van der Waals surface area contributed by atoms with E-state index >= 15 is 0 Å². The number of allylic oxidation sites excluding steroid dienone is 2. The van der Waals surface area contributed by atoms with Crippen molar-refractivity contribution in [1.29, 1.82) is 0 Å². The summed E-state index contributed by atoms with van der Waals surface area (Å²) >= 11 is 0. The minimum absolute atomic E-state index is 0.242. The van der Waals surface area contributed by atoms with E-state index in [-0.39, 0.29) is 5.91 Å². The maximum Gasteiger partial charge on any atom is 0.307 e. The minimum Gasteiger partial charge on any atom is -0.494 e. The topological polar surface area (TPSA) is 75.6 Å². The number of carboxylic acid groups (broad SMARTS) is 1. The number of benzene rings is 1. The second kappa shape index (κ2) is 7.31. The number of hydrogen-bond acceptors (Lipinski definition) is 3. The Hall–Kier alpha value is -2.30. The second-order valence-electron chi connectivity index (χ2n) is 5.97. The summed E-state index contributed by atoms with van der Waals surface area (Å²) in [5.74, 6) is -1.62. The largest absolute Gasteiger partial charge is 0.494 e. The first-order valence-electron chi connectivity index (χ1n) is 7.84. The summed E-state index contributed by atoms with van der Waals surface area (Å²) in [4.78, 5) is 24.0. The number of rotatable bonds is 5. The van der Waals surface area contributed by atoms with Gasteiger partial charge in [-0.2, -0.15) is 0 Å². The highest BCUT2D eigenvalue weighted by Crippen LogP contribution is 2.35. The number of aliphatic carboxylic acids is 1. The van der Waals surface area contributed by atoms with Gasteiger partial charge in [-0.3, -0.25) is 9.59 Å². The van der Waals surface area contributed by atoms with Gasteiger partial charge in [0, 0.05) is 5.69 Å². The van der Waals surface area contributed by atoms with Crippen molar-refractivity contribution in [1.82, 2.24) is 0 Å². The van der Waals surface area contributed by atoms with Gasteiger partial charge in [0.25, 0.3) is 0 Å².